The van der Waals surface area contributed by atoms with Crippen molar-refractivity contribution in [2.75, 3.05) is 6.54 Å². The SMILES string of the molecule is CC(=O)c1cc(C(=O)NC[C@@H](C)n2ccc(-c3ccc(C#N)c(Cl)c3C)n2)[nH]n1. The summed E-state index contributed by atoms with van der Waals surface area (Å²) in [5.74, 6) is -0.560. The number of nitrogens with zero attached hydrogens (tertiary/aromatic N) is 4. The Kier molecular flexibility index (Phi) is 5.80. The lowest BCUT2D eigenvalue weighted by Gasteiger charge is -2.13. The molecule has 2 aromatic heterocycles. The summed E-state index contributed by atoms with van der Waals surface area (Å²) in [7, 11) is 0. The molecule has 2 heterocycles. The Bertz CT molecular complexity index is 1120. The number of nitrogens with one attached hydrogen (secondary N) is 2. The smallest absolute Gasteiger partial charge is 0.269 e. The third-order valence-electron chi connectivity index (χ3n) is 4.58. The van der Waals surface area contributed by atoms with Gasteiger partial charge in [0.25, 0.3) is 5.91 Å². The van der Waals surface area contributed by atoms with Gasteiger partial charge in [-0.15, -0.1) is 0 Å². The van der Waals surface area contributed by atoms with Gasteiger partial charge in [-0.25, -0.2) is 0 Å². The number of H-pyrrole nitrogens is 1. The highest BCUT2D eigenvalue weighted by molar-refractivity contribution is 6.32. The van der Waals surface area contributed by atoms with Crippen LogP contribution in [0.4, 0.5) is 0 Å². The molecule has 0 saturated carbocycles. The van der Waals surface area contributed by atoms with Crippen molar-refractivity contribution in [1.29, 1.82) is 5.26 Å². The Morgan fingerprint density at radius 2 is 2.14 bits per heavy atom. The van der Waals surface area contributed by atoms with Gasteiger partial charge in [0.05, 0.1) is 22.3 Å². The number of hydrogen-bond acceptors (Lipinski definition) is 5. The molecule has 1 amide bonds. The zero-order valence-corrected chi connectivity index (χ0v) is 16.9. The van der Waals surface area contributed by atoms with Gasteiger partial charge in [-0.05, 0) is 37.6 Å². The molecule has 9 heteroatoms. The average Bonchev–Trinajstić information content (AvgIpc) is 3.38. The van der Waals surface area contributed by atoms with E-state index in [0.29, 0.717) is 17.1 Å². The molecule has 0 bridgehead atoms. The zero-order chi connectivity index (χ0) is 21.1. The maximum Gasteiger partial charge on any atom is 0.269 e. The number of nitriles is 1. The van der Waals surface area contributed by atoms with Crippen LogP contribution in [-0.2, 0) is 0 Å². The van der Waals surface area contributed by atoms with Crippen molar-refractivity contribution in [2.24, 2.45) is 0 Å². The summed E-state index contributed by atoms with van der Waals surface area (Å²) in [6.07, 6.45) is 1.82. The fourth-order valence-electron chi connectivity index (χ4n) is 2.82. The normalized spacial score (nSPS) is 11.7. The van der Waals surface area contributed by atoms with Gasteiger partial charge < -0.3 is 5.32 Å². The number of carbonyl (C=O) groups is 2. The van der Waals surface area contributed by atoms with E-state index in [9.17, 15) is 9.59 Å². The van der Waals surface area contributed by atoms with Crippen molar-refractivity contribution in [3.63, 3.8) is 0 Å². The molecule has 0 fully saturated rings. The Labute approximate surface area is 172 Å². The lowest BCUT2D eigenvalue weighted by atomic mass is 10.0. The van der Waals surface area contributed by atoms with Crippen molar-refractivity contribution >= 4 is 23.3 Å². The highest BCUT2D eigenvalue weighted by Crippen LogP contribution is 2.30. The van der Waals surface area contributed by atoms with Crippen LogP contribution >= 0.6 is 11.6 Å². The molecule has 2 N–H and O–H groups in total. The number of aromatic amines is 1. The van der Waals surface area contributed by atoms with E-state index in [1.165, 1.54) is 13.0 Å². The maximum absolute atomic E-state index is 12.2. The van der Waals surface area contributed by atoms with Crippen LogP contribution in [0.25, 0.3) is 11.3 Å². The average molecular weight is 411 g/mol. The number of amides is 1. The topological polar surface area (TPSA) is 116 Å². The van der Waals surface area contributed by atoms with Gasteiger partial charge in [0.2, 0.25) is 0 Å². The summed E-state index contributed by atoms with van der Waals surface area (Å²) in [6, 6.07) is 8.73. The van der Waals surface area contributed by atoms with Crippen molar-refractivity contribution < 1.29 is 9.59 Å². The first kappa shape index (κ1) is 20.3. The van der Waals surface area contributed by atoms with E-state index in [-0.39, 0.29) is 29.1 Å². The number of carbonyl (C=O) groups excluding carboxylic acids is 2. The molecule has 29 heavy (non-hydrogen) atoms. The summed E-state index contributed by atoms with van der Waals surface area (Å²) in [5, 5.41) is 23.2. The van der Waals surface area contributed by atoms with E-state index >= 15 is 0 Å². The second-order valence-corrected chi connectivity index (χ2v) is 7.05. The van der Waals surface area contributed by atoms with E-state index in [2.05, 4.69) is 26.7 Å². The fourth-order valence-corrected chi connectivity index (χ4v) is 3.03. The number of hydrogen-bond donors (Lipinski definition) is 2. The van der Waals surface area contributed by atoms with Crippen LogP contribution in [0.2, 0.25) is 5.02 Å². The molecular weight excluding hydrogens is 392 g/mol. The van der Waals surface area contributed by atoms with Crippen molar-refractivity contribution in [3.05, 3.63) is 58.0 Å². The monoisotopic (exact) mass is 410 g/mol. The highest BCUT2D eigenvalue weighted by Gasteiger charge is 2.16. The third kappa shape index (κ3) is 4.20. The minimum absolute atomic E-state index is 0.114. The van der Waals surface area contributed by atoms with Crippen LogP contribution in [0.15, 0.2) is 30.5 Å². The van der Waals surface area contributed by atoms with Crippen LogP contribution in [0, 0.1) is 18.3 Å². The van der Waals surface area contributed by atoms with E-state index in [1.807, 2.05) is 32.2 Å². The van der Waals surface area contributed by atoms with Crippen LogP contribution in [0.1, 0.15) is 52.0 Å². The summed E-state index contributed by atoms with van der Waals surface area (Å²) in [4.78, 5) is 23.5. The van der Waals surface area contributed by atoms with Gasteiger partial charge in [-0.2, -0.15) is 15.5 Å². The first-order valence-corrected chi connectivity index (χ1v) is 9.29. The molecule has 0 aliphatic carbocycles. The van der Waals surface area contributed by atoms with Crippen molar-refractivity contribution in [1.82, 2.24) is 25.3 Å². The molecule has 0 aliphatic rings. The molecule has 0 aliphatic heterocycles. The number of Topliss-reactive ketones (excluding diaryl/α,β-unsaturated/α-hetero) is 1. The quantitative estimate of drug-likeness (QED) is 0.604. The van der Waals surface area contributed by atoms with Crippen LogP contribution in [0.5, 0.6) is 0 Å². The number of benzene rings is 1. The zero-order valence-electron chi connectivity index (χ0n) is 16.2. The minimum atomic E-state index is -0.348. The minimum Gasteiger partial charge on any atom is -0.349 e. The van der Waals surface area contributed by atoms with E-state index in [4.69, 9.17) is 16.9 Å². The first-order valence-electron chi connectivity index (χ1n) is 8.91. The summed E-state index contributed by atoms with van der Waals surface area (Å²) in [5.41, 5.74) is 3.24. The number of halogens is 1. The van der Waals surface area contributed by atoms with Crippen molar-refractivity contribution in [2.45, 2.75) is 26.8 Å². The van der Waals surface area contributed by atoms with Crippen molar-refractivity contribution in [3.8, 4) is 17.3 Å². The fraction of sp³-hybridized carbons (Fsp3) is 0.250. The molecule has 3 rings (SSSR count). The largest absolute Gasteiger partial charge is 0.349 e. The lowest BCUT2D eigenvalue weighted by molar-refractivity contribution is 0.0942. The van der Waals surface area contributed by atoms with Gasteiger partial charge >= 0.3 is 0 Å². The van der Waals surface area contributed by atoms with Crippen LogP contribution in [0.3, 0.4) is 0 Å². The van der Waals surface area contributed by atoms with Crippen LogP contribution in [-0.4, -0.2) is 38.2 Å². The van der Waals surface area contributed by atoms with Gasteiger partial charge in [-0.1, -0.05) is 17.7 Å². The maximum atomic E-state index is 12.2. The third-order valence-corrected chi connectivity index (χ3v) is 5.07. The Balaban J connectivity index is 1.69. The summed E-state index contributed by atoms with van der Waals surface area (Å²) in [6.45, 7) is 5.49. The van der Waals surface area contributed by atoms with Crippen LogP contribution < -0.4 is 5.32 Å². The first-order chi connectivity index (χ1) is 13.8. The Hall–Kier alpha value is -3.44. The summed E-state index contributed by atoms with van der Waals surface area (Å²) < 4.78 is 1.75. The molecule has 0 unspecified atom stereocenters. The second-order valence-electron chi connectivity index (χ2n) is 6.67. The Morgan fingerprint density at radius 1 is 1.38 bits per heavy atom. The molecule has 1 aromatic carbocycles. The molecule has 0 spiro atoms. The summed E-state index contributed by atoms with van der Waals surface area (Å²) >= 11 is 6.25. The molecule has 3 aromatic rings. The predicted octanol–water partition coefficient (Wildman–Crippen LogP) is 3.30. The molecule has 148 valence electrons. The van der Waals surface area contributed by atoms with E-state index in [0.717, 1.165) is 16.8 Å². The van der Waals surface area contributed by atoms with Gasteiger partial charge in [-0.3, -0.25) is 19.4 Å². The second kappa shape index (κ2) is 8.29. The molecule has 0 saturated heterocycles. The molecule has 0 radical (unpaired) electrons. The van der Waals surface area contributed by atoms with Gasteiger partial charge in [0.1, 0.15) is 17.5 Å². The predicted molar refractivity (Wildman–Crippen MR) is 108 cm³/mol. The lowest BCUT2D eigenvalue weighted by Crippen LogP contribution is -2.30. The Morgan fingerprint density at radius 3 is 2.79 bits per heavy atom. The number of ketones is 1. The van der Waals surface area contributed by atoms with E-state index in [1.54, 1.807) is 10.7 Å². The molecular formula is C20H19ClN6O2. The number of rotatable bonds is 6. The molecule has 1 atom stereocenters. The standard InChI is InChI=1S/C20H19ClN6O2/c1-11(10-23-20(29)18-8-17(13(3)28)24-25-18)27-7-6-16(26-27)15-5-4-14(9-22)19(21)12(15)2/h4-8,11H,10H2,1-3H3,(H,23,29)(H,24,25)/t11-/m1/s1. The molecule has 8 nitrogen and oxygen atoms in total. The van der Waals surface area contributed by atoms with E-state index < -0.39 is 0 Å². The number of aromatic nitrogens is 4. The van der Waals surface area contributed by atoms with Gasteiger partial charge in [0.15, 0.2) is 5.78 Å². The highest BCUT2D eigenvalue weighted by atomic mass is 35.5. The van der Waals surface area contributed by atoms with Gasteiger partial charge in [0, 0.05) is 25.2 Å².